The summed E-state index contributed by atoms with van der Waals surface area (Å²) in [6.07, 6.45) is 1.99. The van der Waals surface area contributed by atoms with Gasteiger partial charge in [0.1, 0.15) is 5.01 Å². The van der Waals surface area contributed by atoms with Crippen molar-refractivity contribution in [2.24, 2.45) is 0 Å². The summed E-state index contributed by atoms with van der Waals surface area (Å²) >= 11 is 1.62. The lowest BCUT2D eigenvalue weighted by atomic mass is 10.1. The smallest absolute Gasteiger partial charge is 0.232 e. The number of benzene rings is 2. The zero-order valence-electron chi connectivity index (χ0n) is 13.1. The monoisotopic (exact) mass is 356 g/mol. The number of rotatable bonds is 3. The van der Waals surface area contributed by atoms with E-state index >= 15 is 0 Å². The molecule has 0 saturated heterocycles. The number of anilines is 1. The summed E-state index contributed by atoms with van der Waals surface area (Å²) in [6.45, 7) is 0.518. The van der Waals surface area contributed by atoms with Crippen LogP contribution in [0, 0.1) is 0 Å². The van der Waals surface area contributed by atoms with E-state index in [2.05, 4.69) is 18.2 Å². The first-order valence-electron chi connectivity index (χ1n) is 7.64. The van der Waals surface area contributed by atoms with Gasteiger partial charge in [-0.3, -0.25) is 4.31 Å². The Kier molecular flexibility index (Phi) is 3.66. The van der Waals surface area contributed by atoms with E-state index in [4.69, 9.17) is 4.98 Å². The van der Waals surface area contributed by atoms with Crippen LogP contribution in [0.25, 0.3) is 21.8 Å². The Morgan fingerprint density at radius 2 is 1.88 bits per heavy atom. The minimum absolute atomic E-state index is 0.518. The molecular weight excluding hydrogens is 340 g/mol. The Balaban J connectivity index is 1.69. The molecule has 1 aromatic heterocycles. The quantitative estimate of drug-likeness (QED) is 0.717. The van der Waals surface area contributed by atoms with Gasteiger partial charge in [-0.15, -0.1) is 11.3 Å². The van der Waals surface area contributed by atoms with Crippen molar-refractivity contribution in [3.63, 3.8) is 0 Å². The summed E-state index contributed by atoms with van der Waals surface area (Å²) in [4.78, 5) is 4.73. The maximum atomic E-state index is 11.8. The fourth-order valence-electron chi connectivity index (χ4n) is 2.99. The third-order valence-corrected chi connectivity index (χ3v) is 6.22. The van der Waals surface area contributed by atoms with Gasteiger partial charge in [-0.2, -0.15) is 0 Å². The number of sulfonamides is 1. The Labute approximate surface area is 145 Å². The summed E-state index contributed by atoms with van der Waals surface area (Å²) in [5.74, 6) is 0. The number of aromatic nitrogens is 1. The highest BCUT2D eigenvalue weighted by Gasteiger charge is 2.26. The lowest BCUT2D eigenvalue weighted by molar-refractivity contribution is 0.598. The van der Waals surface area contributed by atoms with Crippen LogP contribution in [0.4, 0.5) is 5.69 Å². The molecule has 0 spiro atoms. The second-order valence-electron chi connectivity index (χ2n) is 5.83. The summed E-state index contributed by atoms with van der Waals surface area (Å²) in [5, 5.41) is 3.04. The number of hydrogen-bond acceptors (Lipinski definition) is 4. The van der Waals surface area contributed by atoms with Crippen LogP contribution in [0.5, 0.6) is 0 Å². The number of fused-ring (bicyclic) bond motifs is 1. The summed E-state index contributed by atoms with van der Waals surface area (Å²) in [5.41, 5.74) is 4.92. The Bertz CT molecular complexity index is 995. The maximum Gasteiger partial charge on any atom is 0.232 e. The molecule has 1 aliphatic rings. The van der Waals surface area contributed by atoms with Crippen molar-refractivity contribution >= 4 is 27.0 Å². The zero-order chi connectivity index (χ0) is 16.7. The summed E-state index contributed by atoms with van der Waals surface area (Å²) in [7, 11) is -3.21. The molecule has 0 bridgehead atoms. The van der Waals surface area contributed by atoms with Crippen LogP contribution < -0.4 is 4.31 Å². The van der Waals surface area contributed by atoms with E-state index in [-0.39, 0.29) is 0 Å². The minimum atomic E-state index is -3.21. The molecule has 0 aliphatic carbocycles. The van der Waals surface area contributed by atoms with E-state index in [9.17, 15) is 8.42 Å². The van der Waals surface area contributed by atoms with Crippen molar-refractivity contribution < 1.29 is 8.42 Å². The van der Waals surface area contributed by atoms with Gasteiger partial charge in [-0.05, 0) is 24.1 Å². The van der Waals surface area contributed by atoms with E-state index in [0.29, 0.717) is 6.54 Å². The molecule has 2 heterocycles. The SMILES string of the molecule is CS(=O)(=O)N1CCc2cc(-c3csc(-c4ccccc4)n3)ccc21. The van der Waals surface area contributed by atoms with Gasteiger partial charge in [0.2, 0.25) is 10.0 Å². The van der Waals surface area contributed by atoms with Crippen LogP contribution in [0.2, 0.25) is 0 Å². The first kappa shape index (κ1) is 15.4. The fourth-order valence-corrected chi connectivity index (χ4v) is 4.79. The topological polar surface area (TPSA) is 50.3 Å². The lowest BCUT2D eigenvalue weighted by Crippen LogP contribution is -2.27. The normalized spacial score (nSPS) is 14.0. The van der Waals surface area contributed by atoms with E-state index in [1.807, 2.05) is 35.7 Å². The number of hydrogen-bond donors (Lipinski definition) is 0. The van der Waals surface area contributed by atoms with Gasteiger partial charge in [0.25, 0.3) is 0 Å². The van der Waals surface area contributed by atoms with Crippen molar-refractivity contribution in [1.29, 1.82) is 0 Å². The fraction of sp³-hybridized carbons (Fsp3) is 0.167. The first-order chi connectivity index (χ1) is 11.5. The molecule has 0 saturated carbocycles. The molecule has 24 heavy (non-hydrogen) atoms. The predicted molar refractivity (Wildman–Crippen MR) is 98.9 cm³/mol. The van der Waals surface area contributed by atoms with Crippen molar-refractivity contribution in [3.8, 4) is 21.8 Å². The van der Waals surface area contributed by atoms with Crippen LogP contribution >= 0.6 is 11.3 Å². The second-order valence-corrected chi connectivity index (χ2v) is 8.60. The van der Waals surface area contributed by atoms with Crippen LogP contribution in [0.15, 0.2) is 53.9 Å². The van der Waals surface area contributed by atoms with Crippen LogP contribution in [0.3, 0.4) is 0 Å². The molecule has 6 heteroatoms. The second kappa shape index (κ2) is 5.72. The Morgan fingerprint density at radius 1 is 1.08 bits per heavy atom. The largest absolute Gasteiger partial charge is 0.270 e. The van der Waals surface area contributed by atoms with Gasteiger partial charge in [0, 0.05) is 23.1 Å². The van der Waals surface area contributed by atoms with Gasteiger partial charge in [0.15, 0.2) is 0 Å². The highest BCUT2D eigenvalue weighted by molar-refractivity contribution is 7.92. The highest BCUT2D eigenvalue weighted by atomic mass is 32.2. The summed E-state index contributed by atoms with van der Waals surface area (Å²) < 4.78 is 25.1. The lowest BCUT2D eigenvalue weighted by Gasteiger charge is -2.16. The predicted octanol–water partition coefficient (Wildman–Crippen LogP) is 3.80. The molecular formula is C18H16N2O2S2. The van der Waals surface area contributed by atoms with Gasteiger partial charge >= 0.3 is 0 Å². The average Bonchev–Trinajstić information content (AvgIpc) is 3.21. The zero-order valence-corrected chi connectivity index (χ0v) is 14.8. The summed E-state index contributed by atoms with van der Waals surface area (Å²) in [6, 6.07) is 16.0. The van der Waals surface area contributed by atoms with Crippen molar-refractivity contribution in [3.05, 3.63) is 59.5 Å². The molecule has 0 N–H and O–H groups in total. The Morgan fingerprint density at radius 3 is 2.62 bits per heavy atom. The molecule has 2 aromatic carbocycles. The molecule has 0 fully saturated rings. The highest BCUT2D eigenvalue weighted by Crippen LogP contribution is 2.35. The van der Waals surface area contributed by atoms with Crippen molar-refractivity contribution in [2.75, 3.05) is 17.1 Å². The third kappa shape index (κ3) is 2.72. The van der Waals surface area contributed by atoms with Gasteiger partial charge in [-0.1, -0.05) is 36.4 Å². The molecule has 3 aromatic rings. The third-order valence-electron chi connectivity index (χ3n) is 4.15. The molecule has 0 radical (unpaired) electrons. The van der Waals surface area contributed by atoms with Gasteiger partial charge in [-0.25, -0.2) is 13.4 Å². The van der Waals surface area contributed by atoms with Crippen LogP contribution in [-0.2, 0) is 16.4 Å². The van der Waals surface area contributed by atoms with E-state index < -0.39 is 10.0 Å². The average molecular weight is 356 g/mol. The van der Waals surface area contributed by atoms with Gasteiger partial charge < -0.3 is 0 Å². The Hall–Kier alpha value is -2.18. The molecule has 4 nitrogen and oxygen atoms in total. The van der Waals surface area contributed by atoms with E-state index in [1.165, 1.54) is 10.6 Å². The molecule has 0 unspecified atom stereocenters. The van der Waals surface area contributed by atoms with Crippen LogP contribution in [0.1, 0.15) is 5.56 Å². The van der Waals surface area contributed by atoms with E-state index in [1.54, 1.807) is 11.3 Å². The van der Waals surface area contributed by atoms with Crippen molar-refractivity contribution in [2.45, 2.75) is 6.42 Å². The van der Waals surface area contributed by atoms with E-state index in [0.717, 1.165) is 39.5 Å². The molecule has 0 atom stereocenters. The maximum absolute atomic E-state index is 11.8. The molecule has 4 rings (SSSR count). The molecule has 0 amide bonds. The number of nitrogens with zero attached hydrogens (tertiary/aromatic N) is 2. The van der Waals surface area contributed by atoms with Crippen LogP contribution in [-0.4, -0.2) is 26.2 Å². The van der Waals surface area contributed by atoms with Gasteiger partial charge in [0.05, 0.1) is 17.6 Å². The first-order valence-corrected chi connectivity index (χ1v) is 10.4. The number of thiazole rings is 1. The standard InChI is InChI=1S/C18H16N2O2S2/c1-24(21,22)20-10-9-15-11-14(7-8-17(15)20)16-12-23-18(19-16)13-5-3-2-4-6-13/h2-8,11-12H,9-10H2,1H3. The van der Waals surface area contributed by atoms with Crippen molar-refractivity contribution in [1.82, 2.24) is 4.98 Å². The minimum Gasteiger partial charge on any atom is -0.270 e. The molecule has 122 valence electrons. The molecule has 1 aliphatic heterocycles.